The average Bonchev–Trinajstić information content (AvgIpc) is 2.19. The highest BCUT2D eigenvalue weighted by Crippen LogP contribution is 2.14. The maximum absolute atomic E-state index is 9.43. The molecule has 1 aromatic carbocycles. The summed E-state index contributed by atoms with van der Waals surface area (Å²) in [7, 11) is 0. The van der Waals surface area contributed by atoms with Crippen LogP contribution in [0.25, 0.3) is 5.57 Å². The molecule has 2 heteroatoms. The normalized spacial score (nSPS) is 16.4. The lowest BCUT2D eigenvalue weighted by molar-refractivity contribution is 0.0621. The Bertz CT molecular complexity index is 301. The molecule has 0 saturated carbocycles. The predicted molar refractivity (Wildman–Crippen MR) is 57.8 cm³/mol. The second-order valence-electron chi connectivity index (χ2n) is 3.45. The van der Waals surface area contributed by atoms with Crippen molar-refractivity contribution < 1.29 is 10.2 Å². The largest absolute Gasteiger partial charge is 0.390 e. The molecule has 14 heavy (non-hydrogen) atoms. The maximum atomic E-state index is 9.43. The molecule has 1 aromatic rings. The van der Waals surface area contributed by atoms with E-state index in [1.807, 2.05) is 37.3 Å². The topological polar surface area (TPSA) is 40.5 Å². The molecule has 2 atom stereocenters. The summed E-state index contributed by atoms with van der Waals surface area (Å²) in [6.45, 7) is 3.49. The van der Waals surface area contributed by atoms with Gasteiger partial charge in [0.1, 0.15) is 0 Å². The standard InChI is InChI=1S/C12H16O2/c1-9(8-12(14)10(2)13)11-6-4-3-5-7-11/h3-8,10,12-14H,1-2H3/b9-8-/t10-,12+/m0/s1. The molecule has 2 N–H and O–H groups in total. The van der Waals surface area contributed by atoms with Crippen LogP contribution in [-0.4, -0.2) is 22.4 Å². The van der Waals surface area contributed by atoms with Crippen molar-refractivity contribution in [1.29, 1.82) is 0 Å². The van der Waals surface area contributed by atoms with Gasteiger partial charge in [-0.05, 0) is 25.0 Å². The molecule has 0 aromatic heterocycles. The molecular formula is C12H16O2. The van der Waals surface area contributed by atoms with E-state index in [1.165, 1.54) is 0 Å². The molecular weight excluding hydrogens is 176 g/mol. The summed E-state index contributed by atoms with van der Waals surface area (Å²) in [5.41, 5.74) is 2.03. The van der Waals surface area contributed by atoms with Gasteiger partial charge in [-0.2, -0.15) is 0 Å². The van der Waals surface area contributed by atoms with Crippen LogP contribution in [0, 0.1) is 0 Å². The Morgan fingerprint density at radius 3 is 2.29 bits per heavy atom. The van der Waals surface area contributed by atoms with E-state index >= 15 is 0 Å². The zero-order chi connectivity index (χ0) is 10.6. The van der Waals surface area contributed by atoms with E-state index in [4.69, 9.17) is 5.11 Å². The lowest BCUT2D eigenvalue weighted by Crippen LogP contribution is -2.19. The highest BCUT2D eigenvalue weighted by molar-refractivity contribution is 5.63. The Labute approximate surface area is 84.5 Å². The summed E-state index contributed by atoms with van der Waals surface area (Å²) in [5, 5.41) is 18.6. The number of hydrogen-bond acceptors (Lipinski definition) is 2. The van der Waals surface area contributed by atoms with Crippen LogP contribution < -0.4 is 0 Å². The molecule has 0 amide bonds. The van der Waals surface area contributed by atoms with Crippen LogP contribution in [0.15, 0.2) is 36.4 Å². The zero-order valence-electron chi connectivity index (χ0n) is 8.51. The third kappa shape index (κ3) is 2.98. The van der Waals surface area contributed by atoms with Gasteiger partial charge in [-0.15, -0.1) is 0 Å². The van der Waals surface area contributed by atoms with Crippen LogP contribution in [0.1, 0.15) is 19.4 Å². The minimum atomic E-state index is -0.796. The Morgan fingerprint density at radius 1 is 1.21 bits per heavy atom. The van der Waals surface area contributed by atoms with Crippen LogP contribution >= 0.6 is 0 Å². The third-order valence-electron chi connectivity index (χ3n) is 2.14. The van der Waals surface area contributed by atoms with Crippen molar-refractivity contribution in [2.75, 3.05) is 0 Å². The van der Waals surface area contributed by atoms with E-state index < -0.39 is 12.2 Å². The highest BCUT2D eigenvalue weighted by atomic mass is 16.3. The zero-order valence-corrected chi connectivity index (χ0v) is 8.51. The van der Waals surface area contributed by atoms with Gasteiger partial charge < -0.3 is 10.2 Å². The molecule has 0 unspecified atom stereocenters. The van der Waals surface area contributed by atoms with Crippen LogP contribution in [-0.2, 0) is 0 Å². The van der Waals surface area contributed by atoms with Gasteiger partial charge in [0.05, 0.1) is 12.2 Å². The van der Waals surface area contributed by atoms with Crippen molar-refractivity contribution in [3.05, 3.63) is 42.0 Å². The van der Waals surface area contributed by atoms with Gasteiger partial charge in [-0.25, -0.2) is 0 Å². The lowest BCUT2D eigenvalue weighted by Gasteiger charge is -2.10. The molecule has 0 spiro atoms. The number of aliphatic hydroxyl groups excluding tert-OH is 2. The Kier molecular flexibility index (Phi) is 3.86. The van der Waals surface area contributed by atoms with E-state index in [0.717, 1.165) is 11.1 Å². The lowest BCUT2D eigenvalue weighted by atomic mass is 10.0. The Balaban J connectivity index is 2.80. The minimum Gasteiger partial charge on any atom is -0.390 e. The fourth-order valence-electron chi connectivity index (χ4n) is 1.19. The van der Waals surface area contributed by atoms with Gasteiger partial charge >= 0.3 is 0 Å². The van der Waals surface area contributed by atoms with Gasteiger partial charge in [-0.1, -0.05) is 36.4 Å². The van der Waals surface area contributed by atoms with Gasteiger partial charge in [0, 0.05) is 0 Å². The Hall–Kier alpha value is -1.12. The monoisotopic (exact) mass is 192 g/mol. The smallest absolute Gasteiger partial charge is 0.0982 e. The summed E-state index contributed by atoms with van der Waals surface area (Å²) in [5.74, 6) is 0. The summed E-state index contributed by atoms with van der Waals surface area (Å²) >= 11 is 0. The van der Waals surface area contributed by atoms with Crippen molar-refractivity contribution in [2.45, 2.75) is 26.1 Å². The second-order valence-corrected chi connectivity index (χ2v) is 3.45. The molecule has 0 saturated heterocycles. The highest BCUT2D eigenvalue weighted by Gasteiger charge is 2.07. The van der Waals surface area contributed by atoms with Crippen LogP contribution in [0.4, 0.5) is 0 Å². The van der Waals surface area contributed by atoms with E-state index in [0.29, 0.717) is 0 Å². The van der Waals surface area contributed by atoms with Crippen molar-refractivity contribution >= 4 is 5.57 Å². The second kappa shape index (κ2) is 4.94. The number of rotatable bonds is 3. The molecule has 0 bridgehead atoms. The molecule has 1 rings (SSSR count). The minimum absolute atomic E-state index is 0.728. The Morgan fingerprint density at radius 2 is 1.79 bits per heavy atom. The van der Waals surface area contributed by atoms with E-state index in [2.05, 4.69) is 0 Å². The number of aliphatic hydroxyl groups is 2. The van der Waals surface area contributed by atoms with Crippen molar-refractivity contribution in [2.24, 2.45) is 0 Å². The van der Waals surface area contributed by atoms with Crippen LogP contribution in [0.2, 0.25) is 0 Å². The molecule has 76 valence electrons. The van der Waals surface area contributed by atoms with E-state index in [9.17, 15) is 5.11 Å². The van der Waals surface area contributed by atoms with E-state index in [-0.39, 0.29) is 0 Å². The summed E-state index contributed by atoms with van der Waals surface area (Å²) in [4.78, 5) is 0. The molecule has 2 nitrogen and oxygen atoms in total. The first-order chi connectivity index (χ1) is 6.61. The predicted octanol–water partition coefficient (Wildman–Crippen LogP) is 1.83. The van der Waals surface area contributed by atoms with Crippen LogP contribution in [0.5, 0.6) is 0 Å². The van der Waals surface area contributed by atoms with Crippen molar-refractivity contribution in [3.8, 4) is 0 Å². The number of allylic oxidation sites excluding steroid dienone is 1. The average molecular weight is 192 g/mol. The first kappa shape index (κ1) is 11.0. The van der Waals surface area contributed by atoms with Crippen LogP contribution in [0.3, 0.4) is 0 Å². The van der Waals surface area contributed by atoms with Gasteiger partial charge in [-0.3, -0.25) is 0 Å². The molecule has 0 heterocycles. The fraction of sp³-hybridized carbons (Fsp3) is 0.333. The number of hydrogen-bond donors (Lipinski definition) is 2. The SMILES string of the molecule is C/C(=C/[C@@H](O)[C@H](C)O)c1ccccc1. The van der Waals surface area contributed by atoms with Gasteiger partial charge in [0.15, 0.2) is 0 Å². The molecule has 0 aliphatic heterocycles. The van der Waals surface area contributed by atoms with E-state index in [1.54, 1.807) is 13.0 Å². The molecule has 0 aliphatic carbocycles. The van der Waals surface area contributed by atoms with Gasteiger partial charge in [0.25, 0.3) is 0 Å². The number of benzene rings is 1. The summed E-state index contributed by atoms with van der Waals surface area (Å²) in [6, 6.07) is 9.78. The maximum Gasteiger partial charge on any atom is 0.0982 e. The summed E-state index contributed by atoms with van der Waals surface area (Å²) in [6.07, 6.45) is 0.142. The molecule has 0 radical (unpaired) electrons. The first-order valence-electron chi connectivity index (χ1n) is 4.71. The van der Waals surface area contributed by atoms with Gasteiger partial charge in [0.2, 0.25) is 0 Å². The first-order valence-corrected chi connectivity index (χ1v) is 4.71. The quantitative estimate of drug-likeness (QED) is 0.767. The van der Waals surface area contributed by atoms with Crippen molar-refractivity contribution in [3.63, 3.8) is 0 Å². The summed E-state index contributed by atoms with van der Waals surface area (Å²) < 4.78 is 0. The van der Waals surface area contributed by atoms with Crippen molar-refractivity contribution in [1.82, 2.24) is 0 Å². The molecule has 0 fully saturated rings. The molecule has 0 aliphatic rings. The third-order valence-corrected chi connectivity index (χ3v) is 2.14. The fourth-order valence-corrected chi connectivity index (χ4v) is 1.19.